The van der Waals surface area contributed by atoms with Crippen LogP contribution in [0.2, 0.25) is 0 Å². The van der Waals surface area contributed by atoms with Crippen LogP contribution in [0.4, 0.5) is 0 Å². The second kappa shape index (κ2) is 6.30. The third-order valence-electron chi connectivity index (χ3n) is 4.23. The van der Waals surface area contributed by atoms with E-state index in [-0.39, 0.29) is 0 Å². The molecular formula is C15H25N3. The molecule has 1 aliphatic heterocycles. The molecular weight excluding hydrogens is 222 g/mol. The highest BCUT2D eigenvalue weighted by molar-refractivity contribution is 5.25. The van der Waals surface area contributed by atoms with E-state index in [1.807, 2.05) is 12.4 Å². The number of aryl methyl sites for hydroxylation is 1. The first-order valence-corrected chi connectivity index (χ1v) is 7.10. The van der Waals surface area contributed by atoms with E-state index in [4.69, 9.17) is 5.73 Å². The second-order valence-corrected chi connectivity index (χ2v) is 5.40. The van der Waals surface area contributed by atoms with Gasteiger partial charge in [0.25, 0.3) is 0 Å². The molecule has 1 fully saturated rings. The summed E-state index contributed by atoms with van der Waals surface area (Å²) in [6, 6.07) is 2.42. The average molecular weight is 247 g/mol. The minimum Gasteiger partial charge on any atom is -0.329 e. The summed E-state index contributed by atoms with van der Waals surface area (Å²) in [6.45, 7) is 7.49. The number of nitrogens with two attached hydrogens (primary N) is 1. The number of likely N-dealkylation sites (tertiary alicyclic amines) is 1. The van der Waals surface area contributed by atoms with Gasteiger partial charge >= 0.3 is 0 Å². The zero-order chi connectivity index (χ0) is 13.0. The quantitative estimate of drug-likeness (QED) is 0.889. The van der Waals surface area contributed by atoms with Crippen molar-refractivity contribution < 1.29 is 0 Å². The molecule has 2 unspecified atom stereocenters. The first kappa shape index (κ1) is 13.5. The van der Waals surface area contributed by atoms with Crippen LogP contribution in [0, 0.1) is 12.8 Å². The Labute approximate surface area is 110 Å². The molecule has 2 atom stereocenters. The van der Waals surface area contributed by atoms with Gasteiger partial charge in [-0.15, -0.1) is 0 Å². The maximum absolute atomic E-state index is 6.02. The first-order chi connectivity index (χ1) is 8.76. The summed E-state index contributed by atoms with van der Waals surface area (Å²) in [4.78, 5) is 6.82. The first-order valence-electron chi connectivity index (χ1n) is 7.10. The van der Waals surface area contributed by atoms with E-state index in [0.29, 0.717) is 12.6 Å². The molecule has 0 saturated carbocycles. The van der Waals surface area contributed by atoms with Crippen LogP contribution >= 0.6 is 0 Å². The Bertz CT molecular complexity index is 378. The Morgan fingerprint density at radius 3 is 3.06 bits per heavy atom. The zero-order valence-corrected chi connectivity index (χ0v) is 11.6. The van der Waals surface area contributed by atoms with Crippen molar-refractivity contribution >= 4 is 0 Å². The number of pyridine rings is 1. The van der Waals surface area contributed by atoms with Gasteiger partial charge in [-0.05, 0) is 49.4 Å². The summed E-state index contributed by atoms with van der Waals surface area (Å²) >= 11 is 0. The van der Waals surface area contributed by atoms with Crippen LogP contribution in [0.25, 0.3) is 0 Å². The summed E-state index contributed by atoms with van der Waals surface area (Å²) in [5.74, 6) is 0.838. The van der Waals surface area contributed by atoms with Crippen molar-refractivity contribution in [1.29, 1.82) is 0 Å². The lowest BCUT2D eigenvalue weighted by atomic mass is 9.92. The van der Waals surface area contributed by atoms with Crippen LogP contribution in [-0.2, 0) is 0 Å². The van der Waals surface area contributed by atoms with Crippen molar-refractivity contribution in [2.45, 2.75) is 39.2 Å². The van der Waals surface area contributed by atoms with Gasteiger partial charge < -0.3 is 5.73 Å². The molecule has 0 radical (unpaired) electrons. The monoisotopic (exact) mass is 247 g/mol. The zero-order valence-electron chi connectivity index (χ0n) is 11.6. The highest BCUT2D eigenvalue weighted by Crippen LogP contribution is 2.28. The predicted octanol–water partition coefficient (Wildman–Crippen LogP) is 2.51. The molecule has 100 valence electrons. The number of hydrogen-bond donors (Lipinski definition) is 1. The normalized spacial score (nSPS) is 22.9. The maximum Gasteiger partial charge on any atom is 0.0488 e. The Hall–Kier alpha value is -0.930. The van der Waals surface area contributed by atoms with Gasteiger partial charge in [-0.3, -0.25) is 9.88 Å². The van der Waals surface area contributed by atoms with Crippen molar-refractivity contribution in [3.8, 4) is 0 Å². The fourth-order valence-corrected chi connectivity index (χ4v) is 3.01. The molecule has 3 nitrogen and oxygen atoms in total. The van der Waals surface area contributed by atoms with Crippen molar-refractivity contribution in [3.63, 3.8) is 0 Å². The lowest BCUT2D eigenvalue weighted by Gasteiger charge is -2.38. The third kappa shape index (κ3) is 2.90. The highest BCUT2D eigenvalue weighted by atomic mass is 15.2. The smallest absolute Gasteiger partial charge is 0.0488 e. The van der Waals surface area contributed by atoms with Crippen molar-refractivity contribution in [2.24, 2.45) is 11.7 Å². The van der Waals surface area contributed by atoms with E-state index in [2.05, 4.69) is 29.8 Å². The van der Waals surface area contributed by atoms with Gasteiger partial charge in [0.2, 0.25) is 0 Å². The maximum atomic E-state index is 6.02. The summed E-state index contributed by atoms with van der Waals surface area (Å²) < 4.78 is 0. The molecule has 1 aromatic heterocycles. The molecule has 0 aromatic carbocycles. The second-order valence-electron chi connectivity index (χ2n) is 5.40. The largest absolute Gasteiger partial charge is 0.329 e. The lowest BCUT2D eigenvalue weighted by Crippen LogP contribution is -2.41. The number of hydrogen-bond acceptors (Lipinski definition) is 3. The van der Waals surface area contributed by atoms with Gasteiger partial charge in [0.05, 0.1) is 0 Å². The summed E-state index contributed by atoms with van der Waals surface area (Å²) in [6.07, 6.45) is 7.80. The number of rotatable bonds is 4. The standard InChI is InChI=1S/C15H25N3/c1-3-13-5-4-8-18(11-13)15(9-16)14-10-17-7-6-12(14)2/h6-7,10,13,15H,3-5,8-9,11,16H2,1-2H3. The topological polar surface area (TPSA) is 42.1 Å². The van der Waals surface area contributed by atoms with Crippen molar-refractivity contribution in [1.82, 2.24) is 9.88 Å². The van der Waals surface area contributed by atoms with Crippen LogP contribution in [0.5, 0.6) is 0 Å². The van der Waals surface area contributed by atoms with Crippen molar-refractivity contribution in [3.05, 3.63) is 29.6 Å². The molecule has 1 saturated heterocycles. The van der Waals surface area contributed by atoms with Crippen LogP contribution in [0.3, 0.4) is 0 Å². The molecule has 2 heterocycles. The highest BCUT2D eigenvalue weighted by Gasteiger charge is 2.26. The van der Waals surface area contributed by atoms with Crippen molar-refractivity contribution in [2.75, 3.05) is 19.6 Å². The van der Waals surface area contributed by atoms with Gasteiger partial charge in [-0.25, -0.2) is 0 Å². The van der Waals surface area contributed by atoms with E-state index in [9.17, 15) is 0 Å². The third-order valence-corrected chi connectivity index (χ3v) is 4.23. The van der Waals surface area contributed by atoms with Crippen LogP contribution in [0.1, 0.15) is 43.4 Å². The van der Waals surface area contributed by atoms with Gasteiger partial charge in [0.1, 0.15) is 0 Å². The summed E-state index contributed by atoms with van der Waals surface area (Å²) in [5.41, 5.74) is 8.63. The van der Waals surface area contributed by atoms with Crippen LogP contribution < -0.4 is 5.73 Å². The van der Waals surface area contributed by atoms with E-state index in [1.54, 1.807) is 0 Å². The molecule has 2 rings (SSSR count). The Balaban J connectivity index is 2.15. The molecule has 0 amide bonds. The predicted molar refractivity (Wildman–Crippen MR) is 75.4 cm³/mol. The average Bonchev–Trinajstić information content (AvgIpc) is 2.42. The minimum atomic E-state index is 0.341. The molecule has 0 bridgehead atoms. The van der Waals surface area contributed by atoms with Gasteiger partial charge in [-0.2, -0.15) is 0 Å². The van der Waals surface area contributed by atoms with E-state index < -0.39 is 0 Å². The number of nitrogens with zero attached hydrogens (tertiary/aromatic N) is 2. The summed E-state index contributed by atoms with van der Waals surface area (Å²) in [7, 11) is 0. The summed E-state index contributed by atoms with van der Waals surface area (Å²) in [5, 5.41) is 0. The molecule has 3 heteroatoms. The SMILES string of the molecule is CCC1CCCN(C(CN)c2cnccc2C)C1. The van der Waals surface area contributed by atoms with Crippen LogP contribution in [0.15, 0.2) is 18.5 Å². The van der Waals surface area contributed by atoms with Gasteiger partial charge in [-0.1, -0.05) is 13.3 Å². The Morgan fingerprint density at radius 2 is 2.39 bits per heavy atom. The lowest BCUT2D eigenvalue weighted by molar-refractivity contribution is 0.123. The number of piperidine rings is 1. The van der Waals surface area contributed by atoms with Gasteiger partial charge in [0.15, 0.2) is 0 Å². The Kier molecular flexibility index (Phi) is 4.72. The minimum absolute atomic E-state index is 0.341. The molecule has 1 aromatic rings. The Morgan fingerprint density at radius 1 is 1.56 bits per heavy atom. The fourth-order valence-electron chi connectivity index (χ4n) is 3.01. The molecule has 2 N–H and O–H groups in total. The molecule has 1 aliphatic rings. The number of aromatic nitrogens is 1. The van der Waals surface area contributed by atoms with E-state index in [1.165, 1.54) is 43.5 Å². The molecule has 18 heavy (non-hydrogen) atoms. The van der Waals surface area contributed by atoms with Crippen LogP contribution in [-0.4, -0.2) is 29.5 Å². The van der Waals surface area contributed by atoms with E-state index in [0.717, 1.165) is 5.92 Å². The fraction of sp³-hybridized carbons (Fsp3) is 0.667. The van der Waals surface area contributed by atoms with E-state index >= 15 is 0 Å². The molecule has 0 aliphatic carbocycles. The van der Waals surface area contributed by atoms with Gasteiger partial charge in [0, 0.05) is 31.5 Å². The molecule has 0 spiro atoms.